The number of nitrogens with one attached hydrogen (secondary N) is 1. The van der Waals surface area contributed by atoms with E-state index in [9.17, 15) is 13.2 Å². The summed E-state index contributed by atoms with van der Waals surface area (Å²) in [4.78, 5) is 0. The van der Waals surface area contributed by atoms with Crippen molar-refractivity contribution in [3.05, 3.63) is 35.1 Å². The van der Waals surface area contributed by atoms with Crippen molar-refractivity contribution < 1.29 is 13.2 Å². The van der Waals surface area contributed by atoms with Gasteiger partial charge in [-0.2, -0.15) is 0 Å². The van der Waals surface area contributed by atoms with Gasteiger partial charge in [-0.15, -0.1) is 0 Å². The van der Waals surface area contributed by atoms with Gasteiger partial charge in [0.25, 0.3) is 6.43 Å². The molecule has 0 aromatic heterocycles. The van der Waals surface area contributed by atoms with Gasteiger partial charge in [0.15, 0.2) is 0 Å². The summed E-state index contributed by atoms with van der Waals surface area (Å²) in [5.41, 5.74) is -0.0309. The Morgan fingerprint density at radius 3 is 2.69 bits per heavy atom. The standard InChI is InChI=1S/C12H14F3N/c13-9-5-3-4-8(11(9)12(14)15)10-6-1-2-7-16-10/h3-5,10,12,16H,1-2,6-7H2. The Morgan fingerprint density at radius 1 is 1.25 bits per heavy atom. The number of hydrogen-bond acceptors (Lipinski definition) is 1. The van der Waals surface area contributed by atoms with E-state index in [0.717, 1.165) is 31.9 Å². The number of hydrogen-bond donors (Lipinski definition) is 1. The lowest BCUT2D eigenvalue weighted by Crippen LogP contribution is -2.27. The van der Waals surface area contributed by atoms with Gasteiger partial charge in [0.05, 0.1) is 5.56 Å². The predicted molar refractivity (Wildman–Crippen MR) is 56.0 cm³/mol. The van der Waals surface area contributed by atoms with Gasteiger partial charge < -0.3 is 5.32 Å². The third kappa shape index (κ3) is 2.21. The Balaban J connectivity index is 2.34. The van der Waals surface area contributed by atoms with Crippen molar-refractivity contribution in [2.24, 2.45) is 0 Å². The van der Waals surface area contributed by atoms with Crippen molar-refractivity contribution in [3.63, 3.8) is 0 Å². The van der Waals surface area contributed by atoms with E-state index in [2.05, 4.69) is 5.32 Å². The summed E-state index contributed by atoms with van der Waals surface area (Å²) in [6.45, 7) is 0.809. The number of rotatable bonds is 2. The minimum absolute atomic E-state index is 0.131. The quantitative estimate of drug-likeness (QED) is 0.817. The van der Waals surface area contributed by atoms with Gasteiger partial charge in [-0.05, 0) is 31.0 Å². The average Bonchev–Trinajstić information content (AvgIpc) is 2.29. The molecular weight excluding hydrogens is 215 g/mol. The molecule has 0 aliphatic carbocycles. The monoisotopic (exact) mass is 229 g/mol. The van der Waals surface area contributed by atoms with Gasteiger partial charge in [0, 0.05) is 6.04 Å². The molecule has 1 heterocycles. The van der Waals surface area contributed by atoms with Crippen molar-refractivity contribution in [1.82, 2.24) is 5.32 Å². The molecule has 0 saturated carbocycles. The molecule has 1 saturated heterocycles. The topological polar surface area (TPSA) is 12.0 Å². The van der Waals surface area contributed by atoms with Crippen molar-refractivity contribution in [3.8, 4) is 0 Å². The summed E-state index contributed by atoms with van der Waals surface area (Å²) < 4.78 is 38.9. The third-order valence-electron chi connectivity index (χ3n) is 2.99. The SMILES string of the molecule is Fc1cccc(C2CCCCN2)c1C(F)F. The van der Waals surface area contributed by atoms with E-state index >= 15 is 0 Å². The minimum atomic E-state index is -2.75. The molecule has 1 aliphatic rings. The van der Waals surface area contributed by atoms with Crippen LogP contribution in [0, 0.1) is 5.82 Å². The van der Waals surface area contributed by atoms with E-state index in [-0.39, 0.29) is 6.04 Å². The molecule has 1 aromatic carbocycles. The van der Waals surface area contributed by atoms with Gasteiger partial charge >= 0.3 is 0 Å². The Labute approximate surface area is 92.7 Å². The molecule has 1 N–H and O–H groups in total. The fourth-order valence-corrected chi connectivity index (χ4v) is 2.21. The maximum atomic E-state index is 13.3. The van der Waals surface area contributed by atoms with Gasteiger partial charge in [-0.25, -0.2) is 13.2 Å². The van der Waals surface area contributed by atoms with Gasteiger partial charge in [-0.3, -0.25) is 0 Å². The van der Waals surface area contributed by atoms with E-state index in [4.69, 9.17) is 0 Å². The fraction of sp³-hybridized carbons (Fsp3) is 0.500. The van der Waals surface area contributed by atoms with Crippen molar-refractivity contribution in [2.75, 3.05) is 6.54 Å². The third-order valence-corrected chi connectivity index (χ3v) is 2.99. The minimum Gasteiger partial charge on any atom is -0.310 e. The van der Waals surface area contributed by atoms with Crippen LogP contribution < -0.4 is 5.32 Å². The smallest absolute Gasteiger partial charge is 0.266 e. The van der Waals surface area contributed by atoms with Crippen LogP contribution in [0.2, 0.25) is 0 Å². The second-order valence-electron chi connectivity index (χ2n) is 4.05. The van der Waals surface area contributed by atoms with E-state index in [0.29, 0.717) is 5.56 Å². The molecule has 4 heteroatoms. The molecule has 1 unspecified atom stereocenters. The Kier molecular flexibility index (Phi) is 3.49. The molecule has 1 fully saturated rings. The van der Waals surface area contributed by atoms with Crippen LogP contribution in [0.4, 0.5) is 13.2 Å². The molecule has 1 aromatic rings. The first kappa shape index (κ1) is 11.5. The Morgan fingerprint density at radius 2 is 2.06 bits per heavy atom. The first-order chi connectivity index (χ1) is 7.70. The maximum absolute atomic E-state index is 13.3. The molecule has 2 rings (SSSR count). The molecule has 0 bridgehead atoms. The lowest BCUT2D eigenvalue weighted by atomic mass is 9.93. The molecular formula is C12H14F3N. The van der Waals surface area contributed by atoms with Crippen LogP contribution in [0.25, 0.3) is 0 Å². The zero-order valence-electron chi connectivity index (χ0n) is 8.85. The highest BCUT2D eigenvalue weighted by atomic mass is 19.3. The second-order valence-corrected chi connectivity index (χ2v) is 4.05. The molecule has 0 radical (unpaired) electrons. The number of piperidine rings is 1. The zero-order chi connectivity index (χ0) is 11.5. The van der Waals surface area contributed by atoms with Crippen molar-refractivity contribution >= 4 is 0 Å². The summed E-state index contributed by atoms with van der Waals surface area (Å²) in [5, 5.41) is 3.16. The highest BCUT2D eigenvalue weighted by molar-refractivity contribution is 5.32. The van der Waals surface area contributed by atoms with Crippen LogP contribution in [0.3, 0.4) is 0 Å². The van der Waals surface area contributed by atoms with Crippen LogP contribution in [-0.4, -0.2) is 6.54 Å². The Bertz CT molecular complexity index is 359. The Hall–Kier alpha value is -1.03. The van der Waals surface area contributed by atoms with Crippen LogP contribution in [-0.2, 0) is 0 Å². The first-order valence-electron chi connectivity index (χ1n) is 5.50. The lowest BCUT2D eigenvalue weighted by Gasteiger charge is -2.25. The van der Waals surface area contributed by atoms with Crippen LogP contribution in [0.1, 0.15) is 42.9 Å². The summed E-state index contributed by atoms with van der Waals surface area (Å²) >= 11 is 0. The van der Waals surface area contributed by atoms with E-state index in [1.807, 2.05) is 0 Å². The molecule has 16 heavy (non-hydrogen) atoms. The number of halogens is 3. The zero-order valence-corrected chi connectivity index (χ0v) is 8.85. The molecule has 0 amide bonds. The maximum Gasteiger partial charge on any atom is 0.266 e. The largest absolute Gasteiger partial charge is 0.310 e. The fourth-order valence-electron chi connectivity index (χ4n) is 2.21. The van der Waals surface area contributed by atoms with Crippen LogP contribution in [0.15, 0.2) is 18.2 Å². The highest BCUT2D eigenvalue weighted by Crippen LogP contribution is 2.33. The normalized spacial score (nSPS) is 21.4. The number of alkyl halides is 2. The summed E-state index contributed by atoms with van der Waals surface area (Å²) in [5.74, 6) is -0.806. The summed E-state index contributed by atoms with van der Waals surface area (Å²) in [7, 11) is 0. The van der Waals surface area contributed by atoms with E-state index < -0.39 is 17.8 Å². The van der Waals surface area contributed by atoms with Gasteiger partial charge in [-0.1, -0.05) is 18.6 Å². The van der Waals surface area contributed by atoms with E-state index in [1.165, 1.54) is 6.07 Å². The molecule has 1 atom stereocenters. The second kappa shape index (κ2) is 4.87. The average molecular weight is 229 g/mol. The highest BCUT2D eigenvalue weighted by Gasteiger charge is 2.24. The van der Waals surface area contributed by atoms with Gasteiger partial charge in [0.2, 0.25) is 0 Å². The van der Waals surface area contributed by atoms with Crippen molar-refractivity contribution in [2.45, 2.75) is 31.7 Å². The summed E-state index contributed by atoms with van der Waals surface area (Å²) in [6.07, 6.45) is 0.0930. The van der Waals surface area contributed by atoms with Crippen molar-refractivity contribution in [1.29, 1.82) is 0 Å². The summed E-state index contributed by atoms with van der Waals surface area (Å²) in [6, 6.07) is 4.04. The van der Waals surface area contributed by atoms with E-state index in [1.54, 1.807) is 6.07 Å². The van der Waals surface area contributed by atoms with Crippen LogP contribution >= 0.6 is 0 Å². The lowest BCUT2D eigenvalue weighted by molar-refractivity contribution is 0.143. The van der Waals surface area contributed by atoms with Gasteiger partial charge in [0.1, 0.15) is 5.82 Å². The first-order valence-corrected chi connectivity index (χ1v) is 5.50. The van der Waals surface area contributed by atoms with Crippen LogP contribution in [0.5, 0.6) is 0 Å². The molecule has 1 nitrogen and oxygen atoms in total. The number of benzene rings is 1. The predicted octanol–water partition coefficient (Wildman–Crippen LogP) is 3.58. The molecule has 88 valence electrons. The molecule has 0 spiro atoms. The molecule has 1 aliphatic heterocycles.